The van der Waals surface area contributed by atoms with Crippen molar-refractivity contribution in [3.8, 4) is 0 Å². The minimum Gasteiger partial charge on any atom is -0.377 e. The topological polar surface area (TPSA) is 29.9 Å². The maximum absolute atomic E-state index is 4.30. The van der Waals surface area contributed by atoms with Gasteiger partial charge in [-0.05, 0) is 17.9 Å². The number of imidazole rings is 1. The average molecular weight is 247 g/mol. The number of aromatic nitrogens is 2. The lowest BCUT2D eigenvalue weighted by atomic mass is 10.3. The van der Waals surface area contributed by atoms with Crippen LogP contribution in [-0.4, -0.2) is 15.3 Å². The van der Waals surface area contributed by atoms with E-state index in [0.717, 1.165) is 18.1 Å². The molecule has 0 spiro atoms. The third-order valence-electron chi connectivity index (χ3n) is 2.54. The van der Waals surface area contributed by atoms with Gasteiger partial charge >= 0.3 is 0 Å². The van der Waals surface area contributed by atoms with Crippen molar-refractivity contribution >= 4 is 17.4 Å². The zero-order chi connectivity index (χ0) is 12.1. The van der Waals surface area contributed by atoms with Crippen LogP contribution in [0.5, 0.6) is 0 Å². The Morgan fingerprint density at radius 2 is 2.18 bits per heavy atom. The van der Waals surface area contributed by atoms with Gasteiger partial charge in [-0.3, -0.25) is 0 Å². The van der Waals surface area contributed by atoms with Crippen LogP contribution < -0.4 is 5.32 Å². The average Bonchev–Trinajstić information content (AvgIpc) is 2.74. The summed E-state index contributed by atoms with van der Waals surface area (Å²) in [5.41, 5.74) is 1.18. The lowest BCUT2D eigenvalue weighted by Gasteiger charge is -2.10. The van der Waals surface area contributed by atoms with Crippen LogP contribution in [0.2, 0.25) is 0 Å². The van der Waals surface area contributed by atoms with Crippen LogP contribution in [0.15, 0.2) is 41.6 Å². The molecule has 3 nitrogen and oxygen atoms in total. The first kappa shape index (κ1) is 12.0. The molecule has 1 aromatic heterocycles. The van der Waals surface area contributed by atoms with Gasteiger partial charge in [-0.15, -0.1) is 11.8 Å². The molecule has 0 bridgehead atoms. The Labute approximate surface area is 106 Å². The van der Waals surface area contributed by atoms with E-state index in [1.807, 2.05) is 35.8 Å². The van der Waals surface area contributed by atoms with Crippen molar-refractivity contribution < 1.29 is 0 Å². The molecule has 17 heavy (non-hydrogen) atoms. The van der Waals surface area contributed by atoms with Gasteiger partial charge in [0, 0.05) is 30.0 Å². The lowest BCUT2D eigenvalue weighted by molar-refractivity contribution is 0.812. The van der Waals surface area contributed by atoms with Crippen LogP contribution >= 0.6 is 11.8 Å². The molecule has 0 aliphatic carbocycles. The predicted octanol–water partition coefficient (Wildman–Crippen LogP) is 3.14. The zero-order valence-electron chi connectivity index (χ0n) is 10.2. The second-order valence-corrected chi connectivity index (χ2v) is 5.04. The van der Waals surface area contributed by atoms with Gasteiger partial charge in [-0.2, -0.15) is 0 Å². The maximum atomic E-state index is 4.30. The molecule has 4 heteroatoms. The Morgan fingerprint density at radius 3 is 2.88 bits per heavy atom. The van der Waals surface area contributed by atoms with Gasteiger partial charge in [0.05, 0.1) is 6.54 Å². The number of nitrogens with one attached hydrogen (secondary N) is 1. The number of para-hydroxylation sites is 1. The van der Waals surface area contributed by atoms with Crippen molar-refractivity contribution in [3.05, 3.63) is 42.5 Å². The highest BCUT2D eigenvalue weighted by Gasteiger charge is 2.03. The van der Waals surface area contributed by atoms with Gasteiger partial charge in [-0.1, -0.05) is 19.1 Å². The summed E-state index contributed by atoms with van der Waals surface area (Å²) < 4.78 is 2.03. The highest BCUT2D eigenvalue weighted by molar-refractivity contribution is 7.99. The number of benzene rings is 1. The van der Waals surface area contributed by atoms with Gasteiger partial charge in [0.2, 0.25) is 0 Å². The van der Waals surface area contributed by atoms with Gasteiger partial charge in [0.25, 0.3) is 0 Å². The van der Waals surface area contributed by atoms with Gasteiger partial charge in [0.15, 0.2) is 0 Å². The van der Waals surface area contributed by atoms with Crippen molar-refractivity contribution in [1.82, 2.24) is 9.55 Å². The molecule has 1 N–H and O–H groups in total. The van der Waals surface area contributed by atoms with Gasteiger partial charge in [-0.25, -0.2) is 4.98 Å². The molecule has 0 fully saturated rings. The lowest BCUT2D eigenvalue weighted by Crippen LogP contribution is -2.06. The molecule has 0 aliphatic rings. The number of hydrogen-bond acceptors (Lipinski definition) is 3. The molecule has 1 heterocycles. The minimum absolute atomic E-state index is 0.755. The second kappa shape index (κ2) is 5.77. The Hall–Kier alpha value is -1.42. The van der Waals surface area contributed by atoms with E-state index < -0.39 is 0 Å². The van der Waals surface area contributed by atoms with Crippen LogP contribution in [-0.2, 0) is 13.6 Å². The van der Waals surface area contributed by atoms with E-state index in [0.29, 0.717) is 0 Å². The summed E-state index contributed by atoms with van der Waals surface area (Å²) in [4.78, 5) is 5.60. The van der Waals surface area contributed by atoms with Crippen molar-refractivity contribution in [2.45, 2.75) is 18.4 Å². The fourth-order valence-electron chi connectivity index (χ4n) is 1.64. The Kier molecular flexibility index (Phi) is 4.09. The van der Waals surface area contributed by atoms with Crippen LogP contribution in [0.4, 0.5) is 5.69 Å². The summed E-state index contributed by atoms with van der Waals surface area (Å²) in [6.07, 6.45) is 3.79. The van der Waals surface area contributed by atoms with Crippen molar-refractivity contribution in [3.63, 3.8) is 0 Å². The molecule has 0 radical (unpaired) electrons. The normalized spacial score (nSPS) is 10.5. The number of hydrogen-bond donors (Lipinski definition) is 1. The first-order valence-corrected chi connectivity index (χ1v) is 6.71. The SMILES string of the molecule is CCSc1ccccc1NCc1nccn1C. The molecule has 0 saturated carbocycles. The molecule has 0 amide bonds. The quantitative estimate of drug-likeness (QED) is 0.823. The summed E-state index contributed by atoms with van der Waals surface area (Å²) in [6.45, 7) is 2.92. The van der Waals surface area contributed by atoms with Gasteiger partial charge in [0.1, 0.15) is 5.82 Å². The third-order valence-corrected chi connectivity index (χ3v) is 3.50. The van der Waals surface area contributed by atoms with E-state index in [4.69, 9.17) is 0 Å². The molecular weight excluding hydrogens is 230 g/mol. The summed E-state index contributed by atoms with van der Waals surface area (Å²) >= 11 is 1.85. The highest BCUT2D eigenvalue weighted by atomic mass is 32.2. The molecule has 0 unspecified atom stereocenters. The van der Waals surface area contributed by atoms with E-state index in [1.54, 1.807) is 0 Å². The van der Waals surface area contributed by atoms with Crippen molar-refractivity contribution in [2.75, 3.05) is 11.1 Å². The summed E-state index contributed by atoms with van der Waals surface area (Å²) in [7, 11) is 2.01. The van der Waals surface area contributed by atoms with Crippen molar-refractivity contribution in [2.24, 2.45) is 7.05 Å². The Bertz CT molecular complexity index is 479. The summed E-state index contributed by atoms with van der Waals surface area (Å²) in [5, 5.41) is 3.44. The van der Waals surface area contributed by atoms with E-state index in [9.17, 15) is 0 Å². The van der Waals surface area contributed by atoms with E-state index in [2.05, 4.69) is 41.5 Å². The van der Waals surface area contributed by atoms with Gasteiger partial charge < -0.3 is 9.88 Å². The fraction of sp³-hybridized carbons (Fsp3) is 0.308. The Morgan fingerprint density at radius 1 is 1.35 bits per heavy atom. The van der Waals surface area contributed by atoms with E-state index >= 15 is 0 Å². The van der Waals surface area contributed by atoms with Crippen LogP contribution in [0.3, 0.4) is 0 Å². The first-order chi connectivity index (χ1) is 8.31. The number of aryl methyl sites for hydroxylation is 1. The minimum atomic E-state index is 0.755. The number of nitrogens with zero attached hydrogens (tertiary/aromatic N) is 2. The Balaban J connectivity index is 2.06. The first-order valence-electron chi connectivity index (χ1n) is 5.73. The standard InChI is InChI=1S/C13H17N3S/c1-3-17-12-7-5-4-6-11(12)15-10-13-14-8-9-16(13)2/h4-9,15H,3,10H2,1-2H3. The third kappa shape index (κ3) is 3.03. The number of rotatable bonds is 5. The molecule has 0 saturated heterocycles. The fourth-order valence-corrected chi connectivity index (χ4v) is 2.42. The molecule has 2 rings (SSSR count). The highest BCUT2D eigenvalue weighted by Crippen LogP contribution is 2.26. The molecule has 1 aromatic carbocycles. The number of anilines is 1. The second-order valence-electron chi connectivity index (χ2n) is 3.74. The summed E-state index contributed by atoms with van der Waals surface area (Å²) in [6, 6.07) is 8.39. The van der Waals surface area contributed by atoms with Crippen LogP contribution in [0.1, 0.15) is 12.7 Å². The molecule has 0 atom stereocenters. The summed E-state index contributed by atoms with van der Waals surface area (Å²) in [5.74, 6) is 2.13. The maximum Gasteiger partial charge on any atom is 0.127 e. The molecule has 2 aromatic rings. The molecule has 90 valence electrons. The predicted molar refractivity (Wildman–Crippen MR) is 73.4 cm³/mol. The molecule has 0 aliphatic heterocycles. The zero-order valence-corrected chi connectivity index (χ0v) is 11.0. The largest absolute Gasteiger partial charge is 0.377 e. The van der Waals surface area contributed by atoms with Crippen LogP contribution in [0, 0.1) is 0 Å². The van der Waals surface area contributed by atoms with E-state index in [1.165, 1.54) is 10.6 Å². The molecular formula is C13H17N3S. The number of thioether (sulfide) groups is 1. The van der Waals surface area contributed by atoms with Crippen molar-refractivity contribution in [1.29, 1.82) is 0 Å². The smallest absolute Gasteiger partial charge is 0.127 e. The van der Waals surface area contributed by atoms with Crippen LogP contribution in [0.25, 0.3) is 0 Å². The monoisotopic (exact) mass is 247 g/mol. The van der Waals surface area contributed by atoms with E-state index in [-0.39, 0.29) is 0 Å².